The molecule has 224 valence electrons. The minimum atomic E-state index is -0.339. The van der Waals surface area contributed by atoms with E-state index in [9.17, 15) is 9.59 Å². The van der Waals surface area contributed by atoms with Gasteiger partial charge in [-0.05, 0) is 60.7 Å². The van der Waals surface area contributed by atoms with E-state index in [0.29, 0.717) is 43.7 Å². The first-order valence-corrected chi connectivity index (χ1v) is 13.8. The number of halogens is 2. The van der Waals surface area contributed by atoms with Crippen molar-refractivity contribution in [1.29, 1.82) is 0 Å². The first-order chi connectivity index (χ1) is 18.9. The molecule has 4 N–H and O–H groups in total. The lowest BCUT2D eigenvalue weighted by atomic mass is 9.98. The molecule has 3 aromatic rings. The van der Waals surface area contributed by atoms with E-state index in [-0.39, 0.29) is 48.7 Å². The number of nitrogens with two attached hydrogens (primary N) is 1. The lowest BCUT2D eigenvalue weighted by Gasteiger charge is -2.26. The summed E-state index contributed by atoms with van der Waals surface area (Å²) in [5.41, 5.74) is 9.78. The van der Waals surface area contributed by atoms with Gasteiger partial charge in [0, 0.05) is 49.4 Å². The maximum Gasteiger partial charge on any atom is 0.253 e. The summed E-state index contributed by atoms with van der Waals surface area (Å²) in [5.74, 6) is 0.514. The van der Waals surface area contributed by atoms with Crippen LogP contribution in [0.1, 0.15) is 58.5 Å². The van der Waals surface area contributed by atoms with E-state index in [0.717, 1.165) is 29.7 Å². The fourth-order valence-corrected chi connectivity index (χ4v) is 4.57. The number of hydrogen-bond acceptors (Lipinski definition) is 5. The normalized spacial score (nSPS) is 11.8. The molecule has 0 aliphatic carbocycles. The van der Waals surface area contributed by atoms with Crippen molar-refractivity contribution in [2.75, 3.05) is 26.7 Å². The SMILES string of the molecule is CCCN(CCC)C(=O)c1cccc(C(=O)N[C@@H](Cc2ccccc2)[C@@H](N)CNCc2cccc(OC)c2)c1.Cl.Cl. The monoisotopic (exact) mass is 602 g/mol. The van der Waals surface area contributed by atoms with E-state index in [4.69, 9.17) is 10.5 Å². The number of nitrogens with one attached hydrogen (secondary N) is 2. The van der Waals surface area contributed by atoms with E-state index >= 15 is 0 Å². The molecule has 0 bridgehead atoms. The van der Waals surface area contributed by atoms with Gasteiger partial charge in [-0.1, -0.05) is 62.4 Å². The van der Waals surface area contributed by atoms with Crippen LogP contribution in [0.4, 0.5) is 0 Å². The predicted molar refractivity (Wildman–Crippen MR) is 171 cm³/mol. The van der Waals surface area contributed by atoms with Crippen molar-refractivity contribution in [3.8, 4) is 5.75 Å². The minimum absolute atomic E-state index is 0. The summed E-state index contributed by atoms with van der Waals surface area (Å²) >= 11 is 0. The highest BCUT2D eigenvalue weighted by molar-refractivity contribution is 5.99. The van der Waals surface area contributed by atoms with Gasteiger partial charge in [0.25, 0.3) is 11.8 Å². The maximum atomic E-state index is 13.4. The van der Waals surface area contributed by atoms with Crippen LogP contribution in [-0.4, -0.2) is 55.5 Å². The molecular weight excluding hydrogens is 559 g/mol. The molecule has 41 heavy (non-hydrogen) atoms. The smallest absolute Gasteiger partial charge is 0.253 e. The molecule has 0 radical (unpaired) electrons. The highest BCUT2D eigenvalue weighted by Gasteiger charge is 2.22. The summed E-state index contributed by atoms with van der Waals surface area (Å²) < 4.78 is 5.31. The zero-order chi connectivity index (χ0) is 28.0. The van der Waals surface area contributed by atoms with Gasteiger partial charge in [0.15, 0.2) is 0 Å². The van der Waals surface area contributed by atoms with Crippen molar-refractivity contribution in [2.24, 2.45) is 5.73 Å². The average molecular weight is 604 g/mol. The second kappa shape index (κ2) is 19.1. The van der Waals surface area contributed by atoms with Crippen LogP contribution in [0.2, 0.25) is 0 Å². The number of amides is 2. The van der Waals surface area contributed by atoms with Crippen molar-refractivity contribution in [2.45, 2.75) is 51.7 Å². The summed E-state index contributed by atoms with van der Waals surface area (Å²) in [6.45, 7) is 6.65. The Morgan fingerprint density at radius 3 is 2.15 bits per heavy atom. The van der Waals surface area contributed by atoms with Gasteiger partial charge in [0.05, 0.1) is 7.11 Å². The molecule has 2 atom stereocenters. The summed E-state index contributed by atoms with van der Waals surface area (Å²) in [4.78, 5) is 28.3. The zero-order valence-electron chi connectivity index (χ0n) is 24.2. The van der Waals surface area contributed by atoms with Crippen LogP contribution >= 0.6 is 24.8 Å². The van der Waals surface area contributed by atoms with Crippen LogP contribution in [0.25, 0.3) is 0 Å². The Morgan fingerprint density at radius 1 is 0.854 bits per heavy atom. The molecule has 3 rings (SSSR count). The van der Waals surface area contributed by atoms with Crippen molar-refractivity contribution in [3.05, 3.63) is 101 Å². The van der Waals surface area contributed by atoms with E-state index in [1.54, 1.807) is 31.4 Å². The summed E-state index contributed by atoms with van der Waals surface area (Å²) in [6.07, 6.45) is 2.36. The van der Waals surface area contributed by atoms with E-state index in [1.165, 1.54) is 0 Å². The molecule has 2 amide bonds. The molecule has 3 aromatic carbocycles. The number of carbonyl (C=O) groups excluding carboxylic acids is 2. The topological polar surface area (TPSA) is 96.7 Å². The van der Waals surface area contributed by atoms with Crippen LogP contribution < -0.4 is 21.1 Å². The number of hydrogen-bond donors (Lipinski definition) is 3. The molecular formula is C32H44Cl2N4O3. The highest BCUT2D eigenvalue weighted by atomic mass is 35.5. The van der Waals surface area contributed by atoms with Crippen molar-refractivity contribution in [3.63, 3.8) is 0 Å². The Bertz CT molecular complexity index is 1190. The first-order valence-electron chi connectivity index (χ1n) is 13.8. The van der Waals surface area contributed by atoms with Crippen LogP contribution in [0.3, 0.4) is 0 Å². The summed E-state index contributed by atoms with van der Waals surface area (Å²) in [6, 6.07) is 24.2. The summed E-state index contributed by atoms with van der Waals surface area (Å²) in [7, 11) is 1.65. The molecule has 0 saturated heterocycles. The van der Waals surface area contributed by atoms with Crippen LogP contribution in [0.15, 0.2) is 78.9 Å². The maximum absolute atomic E-state index is 13.4. The fraction of sp³-hybridized carbons (Fsp3) is 0.375. The molecule has 0 aliphatic heterocycles. The molecule has 7 nitrogen and oxygen atoms in total. The van der Waals surface area contributed by atoms with Gasteiger partial charge in [0.2, 0.25) is 0 Å². The first kappa shape index (κ1) is 35.9. The number of benzene rings is 3. The lowest BCUT2D eigenvalue weighted by Crippen LogP contribution is -2.53. The molecule has 0 saturated carbocycles. The third-order valence-electron chi connectivity index (χ3n) is 6.62. The van der Waals surface area contributed by atoms with Gasteiger partial charge in [0.1, 0.15) is 5.75 Å². The Balaban J connectivity index is 0.00000420. The second-order valence-corrected chi connectivity index (χ2v) is 9.79. The Labute approximate surface area is 257 Å². The molecule has 0 fully saturated rings. The van der Waals surface area contributed by atoms with Gasteiger partial charge < -0.3 is 26.0 Å². The van der Waals surface area contributed by atoms with Gasteiger partial charge in [-0.25, -0.2) is 0 Å². The lowest BCUT2D eigenvalue weighted by molar-refractivity contribution is 0.0755. The van der Waals surface area contributed by atoms with Crippen LogP contribution in [0.5, 0.6) is 5.75 Å². The van der Waals surface area contributed by atoms with E-state index in [2.05, 4.69) is 24.5 Å². The number of rotatable bonds is 15. The Kier molecular flexibility index (Phi) is 16.7. The van der Waals surface area contributed by atoms with Crippen molar-refractivity contribution >= 4 is 36.6 Å². The van der Waals surface area contributed by atoms with E-state index in [1.807, 2.05) is 59.5 Å². The average Bonchev–Trinajstić information content (AvgIpc) is 2.97. The molecule has 0 heterocycles. The number of methoxy groups -OCH3 is 1. The molecule has 0 unspecified atom stereocenters. The fourth-order valence-electron chi connectivity index (χ4n) is 4.57. The second-order valence-electron chi connectivity index (χ2n) is 9.79. The molecule has 0 aliphatic rings. The van der Waals surface area contributed by atoms with Gasteiger partial charge in [-0.15, -0.1) is 24.8 Å². The Hall–Kier alpha value is -3.10. The molecule has 0 aromatic heterocycles. The van der Waals surface area contributed by atoms with Gasteiger partial charge >= 0.3 is 0 Å². The highest BCUT2D eigenvalue weighted by Crippen LogP contribution is 2.14. The predicted octanol–water partition coefficient (Wildman–Crippen LogP) is 5.26. The quantitative estimate of drug-likeness (QED) is 0.220. The minimum Gasteiger partial charge on any atom is -0.497 e. The summed E-state index contributed by atoms with van der Waals surface area (Å²) in [5, 5.41) is 6.56. The Morgan fingerprint density at radius 2 is 1.49 bits per heavy atom. The molecule has 9 heteroatoms. The number of nitrogens with zero attached hydrogens (tertiary/aromatic N) is 1. The molecule has 0 spiro atoms. The van der Waals surface area contributed by atoms with Crippen molar-refractivity contribution < 1.29 is 14.3 Å². The van der Waals surface area contributed by atoms with E-state index < -0.39 is 0 Å². The third kappa shape index (κ3) is 11.4. The third-order valence-corrected chi connectivity index (χ3v) is 6.62. The largest absolute Gasteiger partial charge is 0.497 e. The number of ether oxygens (including phenoxy) is 1. The van der Waals surface area contributed by atoms with Gasteiger partial charge in [-0.3, -0.25) is 9.59 Å². The van der Waals surface area contributed by atoms with Crippen LogP contribution in [-0.2, 0) is 13.0 Å². The van der Waals surface area contributed by atoms with Gasteiger partial charge in [-0.2, -0.15) is 0 Å². The number of carbonyl (C=O) groups is 2. The van der Waals surface area contributed by atoms with Crippen molar-refractivity contribution in [1.82, 2.24) is 15.5 Å². The standard InChI is InChI=1S/C32H42N4O3.2ClH/c1-4-17-36(18-5-2)32(38)27-15-10-14-26(21-27)31(37)35-30(20-24-11-7-6-8-12-24)29(33)23-34-22-25-13-9-16-28(19-25)39-3;;/h6-16,19,21,29-30,34H,4-5,17-18,20,22-23,33H2,1-3H3,(H,35,37);2*1H/t29-,30-;;/m0../s1. The van der Waals surface area contributed by atoms with Crippen LogP contribution in [0, 0.1) is 0 Å². The zero-order valence-corrected chi connectivity index (χ0v) is 25.8.